The summed E-state index contributed by atoms with van der Waals surface area (Å²) in [6.45, 7) is 15.6. The highest BCUT2D eigenvalue weighted by Crippen LogP contribution is 2.31. The van der Waals surface area contributed by atoms with Gasteiger partial charge in [-0.2, -0.15) is 4.72 Å². The first-order valence-corrected chi connectivity index (χ1v) is 17.6. The quantitative estimate of drug-likeness (QED) is 0.509. The van der Waals surface area contributed by atoms with Crippen molar-refractivity contribution in [2.75, 3.05) is 0 Å². The fourth-order valence-corrected chi connectivity index (χ4v) is 15.0. The van der Waals surface area contributed by atoms with Crippen LogP contribution in [0.15, 0.2) is 59.5 Å². The summed E-state index contributed by atoms with van der Waals surface area (Å²) in [5.74, 6) is 0. The number of nitrogens with zero attached hydrogens (tertiary/aromatic N) is 1. The summed E-state index contributed by atoms with van der Waals surface area (Å²) in [6, 6.07) is 16.9. The second kappa shape index (κ2) is 8.01. The molecule has 2 aromatic carbocycles. The summed E-state index contributed by atoms with van der Waals surface area (Å²) in [4.78, 5) is 0.306. The van der Waals surface area contributed by atoms with Gasteiger partial charge in [0.15, 0.2) is 0 Å². The molecule has 7 heteroatoms. The molecule has 0 radical (unpaired) electrons. The van der Waals surface area contributed by atoms with Gasteiger partial charge in [-0.05, 0) is 24.6 Å². The Morgan fingerprint density at radius 1 is 0.815 bits per heavy atom. The van der Waals surface area contributed by atoms with E-state index in [-0.39, 0.29) is 6.17 Å². The van der Waals surface area contributed by atoms with Crippen molar-refractivity contribution in [1.29, 1.82) is 0 Å². The van der Waals surface area contributed by atoms with E-state index in [0.717, 1.165) is 11.1 Å². The standard InChI is InChI=1S/C20H32N2O2SSi2/c1-17-13-15-19(16-14-17)25(23,24)21-20(18-11-9-8-10-12-18)22(26(2,3)4)27(5,6)7/h8-16,20-21H,1-7H3. The van der Waals surface area contributed by atoms with Gasteiger partial charge in [-0.3, -0.25) is 0 Å². The Labute approximate surface area is 166 Å². The van der Waals surface area contributed by atoms with Gasteiger partial charge < -0.3 is 4.23 Å². The summed E-state index contributed by atoms with van der Waals surface area (Å²) in [6.07, 6.45) is -0.365. The molecular weight excluding hydrogens is 388 g/mol. The number of hydrogen-bond donors (Lipinski definition) is 1. The third kappa shape index (κ3) is 5.62. The molecule has 1 unspecified atom stereocenters. The maximum Gasteiger partial charge on any atom is 0.242 e. The number of hydrogen-bond acceptors (Lipinski definition) is 3. The van der Waals surface area contributed by atoms with Crippen LogP contribution in [0.5, 0.6) is 0 Å². The van der Waals surface area contributed by atoms with Crippen LogP contribution < -0.4 is 4.72 Å². The van der Waals surface area contributed by atoms with Gasteiger partial charge in [0, 0.05) is 0 Å². The van der Waals surface area contributed by atoms with Crippen molar-refractivity contribution in [3.63, 3.8) is 0 Å². The van der Waals surface area contributed by atoms with Crippen LogP contribution in [-0.2, 0) is 10.0 Å². The number of aryl methyl sites for hydroxylation is 1. The van der Waals surface area contributed by atoms with E-state index in [4.69, 9.17) is 0 Å². The second-order valence-corrected chi connectivity index (χ2v) is 20.8. The van der Waals surface area contributed by atoms with Crippen LogP contribution in [0.3, 0.4) is 0 Å². The molecule has 0 aliphatic rings. The fourth-order valence-electron chi connectivity index (χ4n) is 3.62. The Morgan fingerprint density at radius 3 is 1.74 bits per heavy atom. The largest absolute Gasteiger partial charge is 0.327 e. The van der Waals surface area contributed by atoms with Gasteiger partial charge in [0.05, 0.1) is 11.1 Å². The van der Waals surface area contributed by atoms with Gasteiger partial charge in [-0.1, -0.05) is 87.3 Å². The Bertz CT molecular complexity index is 842. The molecule has 0 spiro atoms. The van der Waals surface area contributed by atoms with E-state index < -0.39 is 26.5 Å². The molecule has 2 aromatic rings. The molecule has 0 aliphatic heterocycles. The molecule has 0 heterocycles. The molecule has 0 aliphatic carbocycles. The zero-order chi connectivity index (χ0) is 20.5. The molecule has 1 atom stereocenters. The van der Waals surface area contributed by atoms with E-state index >= 15 is 0 Å². The molecular formula is C20H32N2O2SSi2. The monoisotopic (exact) mass is 420 g/mol. The summed E-state index contributed by atoms with van der Waals surface area (Å²) in [7, 11) is -7.26. The van der Waals surface area contributed by atoms with Crippen LogP contribution in [0, 0.1) is 6.92 Å². The van der Waals surface area contributed by atoms with E-state index in [1.807, 2.05) is 49.4 Å². The lowest BCUT2D eigenvalue weighted by atomic mass is 10.2. The highest BCUT2D eigenvalue weighted by atomic mass is 32.2. The Kier molecular flexibility index (Phi) is 6.53. The lowest BCUT2D eigenvalue weighted by Gasteiger charge is -2.48. The van der Waals surface area contributed by atoms with Crippen molar-refractivity contribution in [2.45, 2.75) is 57.3 Å². The van der Waals surface area contributed by atoms with Crippen LogP contribution in [0.1, 0.15) is 17.3 Å². The van der Waals surface area contributed by atoms with Crippen LogP contribution in [0.2, 0.25) is 39.3 Å². The lowest BCUT2D eigenvalue weighted by Crippen LogP contribution is -2.63. The SMILES string of the molecule is Cc1ccc(S(=O)(=O)NC(c2ccccc2)N([Si](C)(C)C)[Si](C)(C)C)cc1. The summed E-state index contributed by atoms with van der Waals surface area (Å²) in [5, 5.41) is 0. The van der Waals surface area contributed by atoms with Gasteiger partial charge >= 0.3 is 0 Å². The van der Waals surface area contributed by atoms with Gasteiger partial charge in [0.2, 0.25) is 10.0 Å². The van der Waals surface area contributed by atoms with Crippen LogP contribution in [0.25, 0.3) is 0 Å². The van der Waals surface area contributed by atoms with Gasteiger partial charge in [0.1, 0.15) is 16.5 Å². The highest BCUT2D eigenvalue weighted by Gasteiger charge is 2.41. The van der Waals surface area contributed by atoms with Crippen molar-refractivity contribution in [3.8, 4) is 0 Å². The van der Waals surface area contributed by atoms with E-state index in [2.05, 4.69) is 48.2 Å². The van der Waals surface area contributed by atoms with E-state index in [1.165, 1.54) is 0 Å². The summed E-state index contributed by atoms with van der Waals surface area (Å²) in [5.41, 5.74) is 2.03. The van der Waals surface area contributed by atoms with Crippen LogP contribution in [-0.4, -0.2) is 29.1 Å². The number of sulfonamides is 1. The van der Waals surface area contributed by atoms with Gasteiger partial charge in [0.25, 0.3) is 0 Å². The maximum absolute atomic E-state index is 13.2. The van der Waals surface area contributed by atoms with E-state index in [0.29, 0.717) is 4.90 Å². The van der Waals surface area contributed by atoms with Crippen molar-refractivity contribution in [2.24, 2.45) is 0 Å². The first kappa shape index (κ1) is 22.0. The Morgan fingerprint density at radius 2 is 1.30 bits per heavy atom. The van der Waals surface area contributed by atoms with Crippen molar-refractivity contribution in [1.82, 2.24) is 8.95 Å². The molecule has 2 rings (SSSR count). The molecule has 0 saturated heterocycles. The third-order valence-corrected chi connectivity index (χ3v) is 13.3. The summed E-state index contributed by atoms with van der Waals surface area (Å²) < 4.78 is 31.9. The number of rotatable bonds is 7. The average Bonchev–Trinajstić information content (AvgIpc) is 2.52. The van der Waals surface area contributed by atoms with E-state index in [9.17, 15) is 8.42 Å². The minimum atomic E-state index is -3.64. The first-order valence-electron chi connectivity index (χ1n) is 9.26. The molecule has 0 amide bonds. The second-order valence-electron chi connectivity index (χ2n) is 8.96. The topological polar surface area (TPSA) is 49.4 Å². The smallest absolute Gasteiger partial charge is 0.242 e. The predicted octanol–water partition coefficient (Wildman–Crippen LogP) is 4.94. The van der Waals surface area contributed by atoms with Crippen molar-refractivity contribution in [3.05, 3.63) is 65.7 Å². The van der Waals surface area contributed by atoms with Gasteiger partial charge in [-0.25, -0.2) is 8.42 Å². The van der Waals surface area contributed by atoms with Crippen molar-refractivity contribution >= 4 is 26.5 Å². The zero-order valence-corrected chi connectivity index (χ0v) is 20.3. The minimum Gasteiger partial charge on any atom is -0.327 e. The van der Waals surface area contributed by atoms with Gasteiger partial charge in [-0.15, -0.1) is 0 Å². The summed E-state index contributed by atoms with van der Waals surface area (Å²) >= 11 is 0. The predicted molar refractivity (Wildman–Crippen MR) is 119 cm³/mol. The number of benzene rings is 2. The minimum absolute atomic E-state index is 0.306. The molecule has 1 N–H and O–H groups in total. The molecule has 0 fully saturated rings. The third-order valence-electron chi connectivity index (χ3n) is 4.42. The number of nitrogens with one attached hydrogen (secondary N) is 1. The van der Waals surface area contributed by atoms with Crippen molar-refractivity contribution < 1.29 is 8.42 Å². The van der Waals surface area contributed by atoms with Crippen LogP contribution in [0.4, 0.5) is 0 Å². The fraction of sp³-hybridized carbons (Fsp3) is 0.400. The molecule has 4 nitrogen and oxygen atoms in total. The van der Waals surface area contributed by atoms with E-state index in [1.54, 1.807) is 12.1 Å². The Balaban J connectivity index is 2.55. The molecule has 0 bridgehead atoms. The molecule has 0 saturated carbocycles. The normalized spacial score (nSPS) is 14.4. The maximum atomic E-state index is 13.2. The lowest BCUT2D eigenvalue weighted by molar-refractivity contribution is 0.425. The zero-order valence-electron chi connectivity index (χ0n) is 17.4. The van der Waals surface area contributed by atoms with Crippen LogP contribution >= 0.6 is 0 Å². The first-order chi connectivity index (χ1) is 12.3. The highest BCUT2D eigenvalue weighted by molar-refractivity contribution is 7.89. The molecule has 27 heavy (non-hydrogen) atoms. The Hall–Kier alpha value is -1.26. The molecule has 0 aromatic heterocycles. The molecule has 148 valence electrons. The average molecular weight is 421 g/mol.